The molecular weight excluding hydrogens is 258 g/mol. The van der Waals surface area contributed by atoms with Gasteiger partial charge in [-0.25, -0.2) is 0 Å². The molecule has 2 aliphatic heterocycles. The molecule has 0 unspecified atom stereocenters. The second kappa shape index (κ2) is 7.39. The lowest BCUT2D eigenvalue weighted by atomic mass is 9.96. The summed E-state index contributed by atoms with van der Waals surface area (Å²) in [5.41, 5.74) is 1.45. The minimum atomic E-state index is 0.932. The van der Waals surface area contributed by atoms with Crippen LogP contribution in [0, 0.1) is 5.92 Å². The van der Waals surface area contributed by atoms with Crippen molar-refractivity contribution in [2.75, 3.05) is 52.9 Å². The zero-order chi connectivity index (χ0) is 14.5. The fourth-order valence-electron chi connectivity index (χ4n) is 3.58. The second-order valence-electron chi connectivity index (χ2n) is 6.81. The molecule has 3 heteroatoms. The highest BCUT2D eigenvalue weighted by Crippen LogP contribution is 2.18. The number of piperidine rings is 1. The van der Waals surface area contributed by atoms with Crippen molar-refractivity contribution in [3.05, 3.63) is 35.9 Å². The summed E-state index contributed by atoms with van der Waals surface area (Å²) in [5.74, 6) is 0.932. The fraction of sp³-hybridized carbons (Fsp3) is 0.667. The van der Waals surface area contributed by atoms with Gasteiger partial charge in [-0.05, 0) is 44.5 Å². The Balaban J connectivity index is 1.39. The van der Waals surface area contributed by atoms with Gasteiger partial charge >= 0.3 is 0 Å². The monoisotopic (exact) mass is 287 g/mol. The Morgan fingerprint density at radius 1 is 0.857 bits per heavy atom. The van der Waals surface area contributed by atoms with Crippen molar-refractivity contribution in [1.82, 2.24) is 14.7 Å². The van der Waals surface area contributed by atoms with Crippen LogP contribution in [-0.2, 0) is 6.54 Å². The van der Waals surface area contributed by atoms with E-state index in [9.17, 15) is 0 Å². The molecule has 1 aromatic carbocycles. The van der Waals surface area contributed by atoms with Gasteiger partial charge in [-0.15, -0.1) is 0 Å². The van der Waals surface area contributed by atoms with Crippen molar-refractivity contribution in [3.8, 4) is 0 Å². The smallest absolute Gasteiger partial charge is 0.0234 e. The van der Waals surface area contributed by atoms with E-state index >= 15 is 0 Å². The molecule has 0 aromatic heterocycles. The van der Waals surface area contributed by atoms with Crippen LogP contribution in [0.1, 0.15) is 18.4 Å². The van der Waals surface area contributed by atoms with Crippen molar-refractivity contribution in [2.45, 2.75) is 19.4 Å². The number of benzene rings is 1. The lowest BCUT2D eigenvalue weighted by molar-refractivity contribution is 0.0964. The molecule has 2 aliphatic rings. The Hall–Kier alpha value is -0.900. The lowest BCUT2D eigenvalue weighted by Gasteiger charge is -2.38. The Morgan fingerprint density at radius 3 is 2.14 bits per heavy atom. The van der Waals surface area contributed by atoms with E-state index in [1.807, 2.05) is 0 Å². The molecule has 3 rings (SSSR count). The van der Waals surface area contributed by atoms with Crippen LogP contribution in [-0.4, -0.2) is 67.6 Å². The van der Waals surface area contributed by atoms with Crippen LogP contribution in [0.5, 0.6) is 0 Å². The maximum atomic E-state index is 2.69. The number of nitrogens with zero attached hydrogens (tertiary/aromatic N) is 3. The van der Waals surface area contributed by atoms with Gasteiger partial charge in [0.05, 0.1) is 0 Å². The van der Waals surface area contributed by atoms with Crippen molar-refractivity contribution in [3.63, 3.8) is 0 Å². The van der Waals surface area contributed by atoms with Crippen LogP contribution in [0.2, 0.25) is 0 Å². The molecule has 0 bridgehead atoms. The maximum Gasteiger partial charge on any atom is 0.0234 e. The Labute approximate surface area is 129 Å². The third kappa shape index (κ3) is 4.53. The van der Waals surface area contributed by atoms with Crippen LogP contribution in [0.4, 0.5) is 0 Å². The van der Waals surface area contributed by atoms with Crippen molar-refractivity contribution >= 4 is 0 Å². The van der Waals surface area contributed by atoms with Gasteiger partial charge in [-0.3, -0.25) is 4.90 Å². The third-order valence-corrected chi connectivity index (χ3v) is 5.07. The quantitative estimate of drug-likeness (QED) is 0.840. The van der Waals surface area contributed by atoms with Crippen molar-refractivity contribution in [2.24, 2.45) is 5.92 Å². The van der Waals surface area contributed by atoms with E-state index in [4.69, 9.17) is 0 Å². The molecule has 0 N–H and O–H groups in total. The molecule has 3 nitrogen and oxygen atoms in total. The maximum absolute atomic E-state index is 2.69. The summed E-state index contributed by atoms with van der Waals surface area (Å²) in [6, 6.07) is 10.9. The first-order valence-corrected chi connectivity index (χ1v) is 8.47. The van der Waals surface area contributed by atoms with Gasteiger partial charge in [0.15, 0.2) is 0 Å². The van der Waals surface area contributed by atoms with E-state index in [2.05, 4.69) is 52.1 Å². The first-order valence-electron chi connectivity index (χ1n) is 8.47. The largest absolute Gasteiger partial charge is 0.306 e. The number of hydrogen-bond acceptors (Lipinski definition) is 3. The van der Waals surface area contributed by atoms with E-state index in [1.54, 1.807) is 0 Å². The van der Waals surface area contributed by atoms with Crippen molar-refractivity contribution in [1.29, 1.82) is 0 Å². The molecule has 1 aromatic rings. The van der Waals surface area contributed by atoms with Gasteiger partial charge in [0.2, 0.25) is 0 Å². The first-order chi connectivity index (χ1) is 10.3. The zero-order valence-electron chi connectivity index (χ0n) is 13.4. The molecule has 2 fully saturated rings. The summed E-state index contributed by atoms with van der Waals surface area (Å²) in [6.07, 6.45) is 2.78. The molecule has 0 spiro atoms. The molecule has 0 radical (unpaired) electrons. The normalized spacial score (nSPS) is 23.5. The molecule has 0 aliphatic carbocycles. The molecule has 2 heterocycles. The molecular formula is C18H29N3. The van der Waals surface area contributed by atoms with Crippen LogP contribution in [0.3, 0.4) is 0 Å². The van der Waals surface area contributed by atoms with Crippen molar-refractivity contribution < 1.29 is 0 Å². The molecule has 0 amide bonds. The SMILES string of the molecule is CN1CCC(CN2CCN(Cc3ccccc3)CC2)CC1. The molecule has 0 saturated carbocycles. The van der Waals surface area contributed by atoms with E-state index in [1.165, 1.54) is 64.2 Å². The Kier molecular flexibility index (Phi) is 5.28. The van der Waals surface area contributed by atoms with Crippen LogP contribution < -0.4 is 0 Å². The predicted octanol–water partition coefficient (Wildman–Crippen LogP) is 2.15. The van der Waals surface area contributed by atoms with Gasteiger partial charge in [0.25, 0.3) is 0 Å². The summed E-state index contributed by atoms with van der Waals surface area (Å²) in [4.78, 5) is 7.76. The predicted molar refractivity (Wildman–Crippen MR) is 88.4 cm³/mol. The van der Waals surface area contributed by atoms with E-state index in [0.29, 0.717) is 0 Å². The topological polar surface area (TPSA) is 9.72 Å². The standard InChI is InChI=1S/C18H29N3/c1-19-9-7-18(8-10-19)16-21-13-11-20(12-14-21)15-17-5-3-2-4-6-17/h2-6,18H,7-16H2,1H3. The Morgan fingerprint density at radius 2 is 1.48 bits per heavy atom. The highest BCUT2D eigenvalue weighted by Gasteiger charge is 2.22. The Bertz CT molecular complexity index is 404. The summed E-state index contributed by atoms with van der Waals surface area (Å²) >= 11 is 0. The average molecular weight is 287 g/mol. The summed E-state index contributed by atoms with van der Waals surface area (Å²) in [7, 11) is 2.25. The number of hydrogen-bond donors (Lipinski definition) is 0. The van der Waals surface area contributed by atoms with Gasteiger partial charge in [0, 0.05) is 39.3 Å². The van der Waals surface area contributed by atoms with Crippen LogP contribution in [0.15, 0.2) is 30.3 Å². The van der Waals surface area contributed by atoms with Gasteiger partial charge < -0.3 is 9.80 Å². The number of likely N-dealkylation sites (tertiary alicyclic amines) is 1. The number of piperazine rings is 1. The number of rotatable bonds is 4. The van der Waals surface area contributed by atoms with E-state index in [0.717, 1.165) is 12.5 Å². The minimum absolute atomic E-state index is 0.932. The van der Waals surface area contributed by atoms with Gasteiger partial charge in [-0.1, -0.05) is 30.3 Å². The molecule has 0 atom stereocenters. The summed E-state index contributed by atoms with van der Waals surface area (Å²) in [5, 5.41) is 0. The molecule has 116 valence electrons. The lowest BCUT2D eigenvalue weighted by Crippen LogP contribution is -2.48. The second-order valence-corrected chi connectivity index (χ2v) is 6.81. The molecule has 2 saturated heterocycles. The molecule has 21 heavy (non-hydrogen) atoms. The van der Waals surface area contributed by atoms with Gasteiger partial charge in [0.1, 0.15) is 0 Å². The average Bonchev–Trinajstić information content (AvgIpc) is 2.53. The van der Waals surface area contributed by atoms with E-state index < -0.39 is 0 Å². The first kappa shape index (κ1) is 15.0. The third-order valence-electron chi connectivity index (χ3n) is 5.07. The van der Waals surface area contributed by atoms with Gasteiger partial charge in [-0.2, -0.15) is 0 Å². The fourth-order valence-corrected chi connectivity index (χ4v) is 3.58. The van der Waals surface area contributed by atoms with Crippen LogP contribution >= 0.6 is 0 Å². The van der Waals surface area contributed by atoms with Crippen LogP contribution in [0.25, 0.3) is 0 Å². The van der Waals surface area contributed by atoms with E-state index in [-0.39, 0.29) is 0 Å². The highest BCUT2D eigenvalue weighted by atomic mass is 15.3. The zero-order valence-corrected chi connectivity index (χ0v) is 13.4. The summed E-state index contributed by atoms with van der Waals surface area (Å²) in [6.45, 7) is 9.97. The minimum Gasteiger partial charge on any atom is -0.306 e. The highest BCUT2D eigenvalue weighted by molar-refractivity contribution is 5.14. The summed E-state index contributed by atoms with van der Waals surface area (Å²) < 4.78 is 0.